The summed E-state index contributed by atoms with van der Waals surface area (Å²) < 4.78 is 5.45. The van der Waals surface area contributed by atoms with Crippen molar-refractivity contribution in [2.75, 3.05) is 13.1 Å². The minimum absolute atomic E-state index is 0.170. The fraction of sp³-hybridized carbons (Fsp3) is 0.800. The molecule has 2 atom stereocenters. The van der Waals surface area contributed by atoms with Crippen molar-refractivity contribution in [1.29, 1.82) is 5.26 Å². The number of rotatable bonds is 5. The molecule has 1 heterocycles. The van der Waals surface area contributed by atoms with Crippen LogP contribution in [-0.4, -0.2) is 41.4 Å². The van der Waals surface area contributed by atoms with E-state index in [0.717, 1.165) is 19.1 Å². The van der Waals surface area contributed by atoms with Crippen molar-refractivity contribution >= 4 is 12.3 Å². The van der Waals surface area contributed by atoms with Gasteiger partial charge < -0.3 is 9.53 Å². The lowest BCUT2D eigenvalue weighted by Crippen LogP contribution is -2.58. The van der Waals surface area contributed by atoms with E-state index in [1.165, 1.54) is 0 Å². The van der Waals surface area contributed by atoms with Crippen molar-refractivity contribution < 1.29 is 14.3 Å². The van der Waals surface area contributed by atoms with Crippen LogP contribution in [0.2, 0.25) is 0 Å². The number of likely N-dealkylation sites (tertiary alicyclic amines) is 1. The summed E-state index contributed by atoms with van der Waals surface area (Å²) in [5.41, 5.74) is -2.01. The van der Waals surface area contributed by atoms with Crippen LogP contribution in [0.3, 0.4) is 0 Å². The molecule has 0 amide bonds. The van der Waals surface area contributed by atoms with E-state index in [9.17, 15) is 14.9 Å². The predicted octanol–water partition coefficient (Wildman–Crippen LogP) is 1.91. The summed E-state index contributed by atoms with van der Waals surface area (Å²) >= 11 is 0. The van der Waals surface area contributed by atoms with E-state index in [1.54, 1.807) is 27.7 Å². The summed E-state index contributed by atoms with van der Waals surface area (Å²) in [5.74, 6) is -0.929. The molecule has 1 saturated heterocycles. The van der Waals surface area contributed by atoms with Crippen LogP contribution in [0.15, 0.2) is 0 Å². The number of nitrogens with zero attached hydrogens (tertiary/aromatic N) is 2. The van der Waals surface area contributed by atoms with E-state index < -0.39 is 23.0 Å². The van der Waals surface area contributed by atoms with Gasteiger partial charge in [-0.05, 0) is 33.6 Å². The number of aldehydes is 1. The first-order valence-corrected chi connectivity index (χ1v) is 7.11. The number of ether oxygens (including phenoxy) is 1. The molecule has 0 radical (unpaired) electrons. The molecule has 0 aromatic carbocycles. The second-order valence-electron chi connectivity index (χ2n) is 6.38. The molecule has 0 aliphatic carbocycles. The first kappa shape index (κ1) is 16.6. The number of carbonyl (C=O) groups is 2. The van der Waals surface area contributed by atoms with Crippen LogP contribution in [0.4, 0.5) is 0 Å². The van der Waals surface area contributed by atoms with Crippen LogP contribution < -0.4 is 0 Å². The van der Waals surface area contributed by atoms with E-state index in [2.05, 4.69) is 6.07 Å². The zero-order valence-electron chi connectivity index (χ0n) is 12.8. The maximum atomic E-state index is 12.6. The summed E-state index contributed by atoms with van der Waals surface area (Å²) in [5, 5.41) is 9.69. The largest absolute Gasteiger partial charge is 0.458 e. The molecule has 1 aliphatic rings. The highest BCUT2D eigenvalue weighted by atomic mass is 16.6. The Bertz CT molecular complexity index is 402. The van der Waals surface area contributed by atoms with Gasteiger partial charge in [-0.15, -0.1) is 0 Å². The molecule has 20 heavy (non-hydrogen) atoms. The molecule has 112 valence electrons. The van der Waals surface area contributed by atoms with E-state index in [4.69, 9.17) is 4.74 Å². The number of esters is 1. The van der Waals surface area contributed by atoms with Crippen LogP contribution in [0, 0.1) is 17.2 Å². The molecule has 0 spiro atoms. The molecule has 0 aromatic heterocycles. The summed E-state index contributed by atoms with van der Waals surface area (Å²) in [6.07, 6.45) is 2.85. The lowest BCUT2D eigenvalue weighted by atomic mass is 9.82. The summed E-state index contributed by atoms with van der Waals surface area (Å²) in [6.45, 7) is 8.48. The topological polar surface area (TPSA) is 70.4 Å². The molecule has 5 nitrogen and oxygen atoms in total. The Morgan fingerprint density at radius 1 is 1.40 bits per heavy atom. The highest BCUT2D eigenvalue weighted by Gasteiger charge is 2.52. The first-order chi connectivity index (χ1) is 9.28. The molecular weight excluding hydrogens is 256 g/mol. The molecule has 1 fully saturated rings. The second kappa shape index (κ2) is 6.36. The minimum atomic E-state index is -1.36. The Hall–Kier alpha value is -1.41. The van der Waals surface area contributed by atoms with Crippen LogP contribution in [0.25, 0.3) is 0 Å². The second-order valence-corrected chi connectivity index (χ2v) is 6.38. The maximum absolute atomic E-state index is 12.6. The highest BCUT2D eigenvalue weighted by molar-refractivity contribution is 5.85. The van der Waals surface area contributed by atoms with Gasteiger partial charge in [0.15, 0.2) is 0 Å². The third-order valence-corrected chi connectivity index (χ3v) is 3.65. The molecule has 1 rings (SSSR count). The van der Waals surface area contributed by atoms with Crippen molar-refractivity contribution in [1.82, 2.24) is 4.90 Å². The average molecular weight is 280 g/mol. The van der Waals surface area contributed by atoms with E-state index >= 15 is 0 Å². The Labute approximate surface area is 120 Å². The van der Waals surface area contributed by atoms with Gasteiger partial charge in [-0.1, -0.05) is 6.92 Å². The molecule has 0 aromatic rings. The zero-order valence-corrected chi connectivity index (χ0v) is 12.8. The third-order valence-electron chi connectivity index (χ3n) is 3.65. The average Bonchev–Trinajstić information content (AvgIpc) is 2.82. The monoisotopic (exact) mass is 280 g/mol. The van der Waals surface area contributed by atoms with Gasteiger partial charge in [0.1, 0.15) is 11.9 Å². The number of carbonyl (C=O) groups excluding carboxylic acids is 2. The van der Waals surface area contributed by atoms with E-state index in [0.29, 0.717) is 13.1 Å². The van der Waals surface area contributed by atoms with Crippen molar-refractivity contribution in [3.8, 4) is 6.07 Å². The van der Waals surface area contributed by atoms with Gasteiger partial charge in [-0.25, -0.2) is 4.79 Å². The van der Waals surface area contributed by atoms with Gasteiger partial charge in [0.2, 0.25) is 5.54 Å². The van der Waals surface area contributed by atoms with E-state index in [-0.39, 0.29) is 6.42 Å². The fourth-order valence-corrected chi connectivity index (χ4v) is 2.61. The van der Waals surface area contributed by atoms with Gasteiger partial charge in [-0.3, -0.25) is 4.90 Å². The zero-order chi connectivity index (χ0) is 15.4. The third kappa shape index (κ3) is 3.37. The standard InChI is InChI=1S/C15H24N2O3/c1-12(7-10-18)15(11-16,17-8-5-6-9-17)13(19)20-14(2,3)4/h10,12H,5-9H2,1-4H3/t12-,15?/m1/s1. The van der Waals surface area contributed by atoms with Crippen molar-refractivity contribution in [2.24, 2.45) is 5.92 Å². The van der Waals surface area contributed by atoms with Crippen molar-refractivity contribution in [3.63, 3.8) is 0 Å². The molecule has 5 heteroatoms. The van der Waals surface area contributed by atoms with Crippen LogP contribution >= 0.6 is 0 Å². The highest BCUT2D eigenvalue weighted by Crippen LogP contribution is 2.33. The Balaban J connectivity index is 3.13. The van der Waals surface area contributed by atoms with Gasteiger partial charge in [0.25, 0.3) is 0 Å². The fourth-order valence-electron chi connectivity index (χ4n) is 2.61. The van der Waals surface area contributed by atoms with Crippen molar-refractivity contribution in [2.45, 2.75) is 58.1 Å². The Morgan fingerprint density at radius 3 is 2.35 bits per heavy atom. The van der Waals surface area contributed by atoms with Crippen LogP contribution in [0.1, 0.15) is 47.0 Å². The molecule has 1 unspecified atom stereocenters. The minimum Gasteiger partial charge on any atom is -0.458 e. The number of hydrogen-bond donors (Lipinski definition) is 0. The summed E-state index contributed by atoms with van der Waals surface area (Å²) in [7, 11) is 0. The molecule has 0 N–H and O–H groups in total. The lowest BCUT2D eigenvalue weighted by Gasteiger charge is -2.39. The maximum Gasteiger partial charge on any atom is 0.342 e. The molecule has 0 bridgehead atoms. The van der Waals surface area contributed by atoms with Crippen LogP contribution in [-0.2, 0) is 14.3 Å². The first-order valence-electron chi connectivity index (χ1n) is 7.11. The van der Waals surface area contributed by atoms with Crippen molar-refractivity contribution in [3.05, 3.63) is 0 Å². The molecular formula is C15H24N2O3. The van der Waals surface area contributed by atoms with Gasteiger partial charge in [0, 0.05) is 25.4 Å². The van der Waals surface area contributed by atoms with Crippen LogP contribution in [0.5, 0.6) is 0 Å². The van der Waals surface area contributed by atoms with Gasteiger partial charge in [0.05, 0.1) is 6.07 Å². The van der Waals surface area contributed by atoms with Gasteiger partial charge >= 0.3 is 5.97 Å². The Kier molecular flexibility index (Phi) is 5.29. The van der Waals surface area contributed by atoms with E-state index in [1.807, 2.05) is 4.90 Å². The molecule has 0 saturated carbocycles. The smallest absolute Gasteiger partial charge is 0.342 e. The quantitative estimate of drug-likeness (QED) is 0.568. The normalized spacial score (nSPS) is 20.8. The van der Waals surface area contributed by atoms with Gasteiger partial charge in [-0.2, -0.15) is 5.26 Å². The summed E-state index contributed by atoms with van der Waals surface area (Å²) in [4.78, 5) is 25.3. The Morgan fingerprint density at radius 2 is 1.95 bits per heavy atom. The lowest BCUT2D eigenvalue weighted by molar-refractivity contribution is -0.168. The predicted molar refractivity (Wildman–Crippen MR) is 74.8 cm³/mol. The SMILES string of the molecule is C[C@H](CC=O)C(C#N)(C(=O)OC(C)(C)C)N1CCCC1. The number of hydrogen-bond acceptors (Lipinski definition) is 5. The molecule has 1 aliphatic heterocycles. The summed E-state index contributed by atoms with van der Waals surface area (Å²) in [6, 6.07) is 2.16. The number of nitriles is 1.